The highest BCUT2D eigenvalue weighted by Gasteiger charge is 2.11. The molecule has 0 aliphatic heterocycles. The van der Waals surface area contributed by atoms with Crippen LogP contribution in [0, 0.1) is 0 Å². The van der Waals surface area contributed by atoms with E-state index in [9.17, 15) is 13.2 Å². The number of hydrogen-bond donors (Lipinski definition) is 1. The highest BCUT2D eigenvalue weighted by molar-refractivity contribution is 9.10. The van der Waals surface area contributed by atoms with E-state index in [1.165, 1.54) is 0 Å². The van der Waals surface area contributed by atoms with Crippen LogP contribution in [-0.2, 0) is 14.6 Å². The third-order valence-electron chi connectivity index (χ3n) is 1.42. The van der Waals surface area contributed by atoms with E-state index in [2.05, 4.69) is 21.2 Å². The zero-order valence-corrected chi connectivity index (χ0v) is 10.1. The molecule has 0 heterocycles. The van der Waals surface area contributed by atoms with Crippen molar-refractivity contribution in [3.63, 3.8) is 0 Å². The first-order chi connectivity index (χ1) is 5.87. The molecule has 0 aliphatic carbocycles. The minimum atomic E-state index is -2.98. The van der Waals surface area contributed by atoms with Gasteiger partial charge >= 0.3 is 0 Å². The Balaban J connectivity index is 3.72. The van der Waals surface area contributed by atoms with Crippen molar-refractivity contribution in [1.29, 1.82) is 0 Å². The van der Waals surface area contributed by atoms with Crippen molar-refractivity contribution in [2.75, 3.05) is 18.6 Å². The minimum absolute atomic E-state index is 0.0117. The molecule has 0 fully saturated rings. The number of sulfone groups is 1. The lowest BCUT2D eigenvalue weighted by Gasteiger charge is -2.07. The first-order valence-corrected chi connectivity index (χ1v) is 6.94. The van der Waals surface area contributed by atoms with E-state index in [4.69, 9.17) is 0 Å². The topological polar surface area (TPSA) is 63.2 Å². The molecule has 78 valence electrons. The number of halogens is 1. The molecule has 0 radical (unpaired) electrons. The van der Waals surface area contributed by atoms with Crippen LogP contribution in [0.25, 0.3) is 0 Å². The third-order valence-corrected chi connectivity index (χ3v) is 3.42. The van der Waals surface area contributed by atoms with Gasteiger partial charge in [-0.1, -0.05) is 22.9 Å². The molecule has 0 bridgehead atoms. The van der Waals surface area contributed by atoms with E-state index in [0.29, 0.717) is 6.42 Å². The Labute approximate surface area is 87.1 Å². The van der Waals surface area contributed by atoms with Crippen LogP contribution in [0.4, 0.5) is 0 Å². The van der Waals surface area contributed by atoms with Gasteiger partial charge in [-0.25, -0.2) is 8.42 Å². The number of carbonyl (C=O) groups excluding carboxylic acids is 1. The normalized spacial score (nSPS) is 13.8. The molecule has 1 amide bonds. The van der Waals surface area contributed by atoms with Crippen LogP contribution in [0.3, 0.4) is 0 Å². The second kappa shape index (κ2) is 5.59. The van der Waals surface area contributed by atoms with Crippen LogP contribution < -0.4 is 5.32 Å². The van der Waals surface area contributed by atoms with E-state index < -0.39 is 9.84 Å². The van der Waals surface area contributed by atoms with Gasteiger partial charge in [0, 0.05) is 12.8 Å². The molecular weight excluding hydrogens is 258 g/mol. The second-order valence-corrected chi connectivity index (χ2v) is 6.16. The van der Waals surface area contributed by atoms with Crippen LogP contribution in [-0.4, -0.2) is 37.7 Å². The minimum Gasteiger partial charge on any atom is -0.354 e. The fourth-order valence-corrected chi connectivity index (χ4v) is 1.29. The standard InChI is InChI=1S/C7H14BrNO3S/c1-3-6(8)7(10)9-4-5-13(2,11)12/h6H,3-5H2,1-2H3,(H,9,10). The van der Waals surface area contributed by atoms with Crippen molar-refractivity contribution in [3.05, 3.63) is 0 Å². The SMILES string of the molecule is CCC(Br)C(=O)NCCS(C)(=O)=O. The van der Waals surface area contributed by atoms with E-state index in [-0.39, 0.29) is 23.0 Å². The molecule has 0 saturated carbocycles. The van der Waals surface area contributed by atoms with Crippen molar-refractivity contribution in [2.24, 2.45) is 0 Å². The number of hydrogen-bond acceptors (Lipinski definition) is 3. The molecule has 0 aliphatic rings. The number of amides is 1. The van der Waals surface area contributed by atoms with Gasteiger partial charge in [0.1, 0.15) is 9.84 Å². The van der Waals surface area contributed by atoms with Gasteiger partial charge in [0.05, 0.1) is 10.6 Å². The summed E-state index contributed by atoms with van der Waals surface area (Å²) in [5.74, 6) is -0.173. The van der Waals surface area contributed by atoms with E-state index in [1.54, 1.807) is 0 Å². The van der Waals surface area contributed by atoms with Gasteiger partial charge in [-0.3, -0.25) is 4.79 Å². The van der Waals surface area contributed by atoms with Crippen molar-refractivity contribution in [3.8, 4) is 0 Å². The van der Waals surface area contributed by atoms with Crippen molar-refractivity contribution >= 4 is 31.7 Å². The molecule has 1 atom stereocenters. The summed E-state index contributed by atoms with van der Waals surface area (Å²) < 4.78 is 21.4. The predicted octanol–water partition coefficient (Wildman–Crippen LogP) is 0.321. The highest BCUT2D eigenvalue weighted by Crippen LogP contribution is 2.03. The zero-order valence-electron chi connectivity index (χ0n) is 7.71. The summed E-state index contributed by atoms with van der Waals surface area (Å²) in [5.41, 5.74) is 0. The van der Waals surface area contributed by atoms with Gasteiger partial charge in [0.15, 0.2) is 0 Å². The number of alkyl halides is 1. The molecule has 0 spiro atoms. The summed E-state index contributed by atoms with van der Waals surface area (Å²) in [4.78, 5) is 10.9. The summed E-state index contributed by atoms with van der Waals surface area (Å²) in [5, 5.41) is 2.52. The molecule has 0 aromatic heterocycles. The number of carbonyl (C=O) groups is 1. The lowest BCUT2D eigenvalue weighted by Crippen LogP contribution is -2.34. The second-order valence-electron chi connectivity index (χ2n) is 2.80. The van der Waals surface area contributed by atoms with Crippen molar-refractivity contribution < 1.29 is 13.2 Å². The molecule has 1 unspecified atom stereocenters. The molecule has 0 aromatic rings. The molecule has 0 rings (SSSR count). The molecule has 4 nitrogen and oxygen atoms in total. The van der Waals surface area contributed by atoms with Crippen LogP contribution in [0.1, 0.15) is 13.3 Å². The van der Waals surface area contributed by atoms with Gasteiger partial charge in [-0.15, -0.1) is 0 Å². The van der Waals surface area contributed by atoms with E-state index >= 15 is 0 Å². The Morgan fingerprint density at radius 1 is 1.54 bits per heavy atom. The summed E-state index contributed by atoms with van der Waals surface area (Å²) >= 11 is 3.16. The fourth-order valence-electron chi connectivity index (χ4n) is 0.656. The molecule has 13 heavy (non-hydrogen) atoms. The zero-order chi connectivity index (χ0) is 10.5. The average molecular weight is 272 g/mol. The van der Waals surface area contributed by atoms with E-state index in [1.807, 2.05) is 6.92 Å². The summed E-state index contributed by atoms with van der Waals surface area (Å²) in [6.07, 6.45) is 1.83. The fraction of sp³-hybridized carbons (Fsp3) is 0.857. The maximum atomic E-state index is 11.1. The molecule has 0 saturated heterocycles. The van der Waals surface area contributed by atoms with Gasteiger partial charge in [0.25, 0.3) is 0 Å². The Kier molecular flexibility index (Phi) is 5.55. The van der Waals surface area contributed by atoms with Crippen LogP contribution >= 0.6 is 15.9 Å². The van der Waals surface area contributed by atoms with Crippen LogP contribution in [0.15, 0.2) is 0 Å². The quantitative estimate of drug-likeness (QED) is 0.733. The van der Waals surface area contributed by atoms with Crippen LogP contribution in [0.2, 0.25) is 0 Å². The highest BCUT2D eigenvalue weighted by atomic mass is 79.9. The molecule has 0 aromatic carbocycles. The first-order valence-electron chi connectivity index (χ1n) is 3.96. The van der Waals surface area contributed by atoms with E-state index in [0.717, 1.165) is 6.26 Å². The van der Waals surface area contributed by atoms with Crippen molar-refractivity contribution in [2.45, 2.75) is 18.2 Å². The van der Waals surface area contributed by atoms with Crippen LogP contribution in [0.5, 0.6) is 0 Å². The van der Waals surface area contributed by atoms with Gasteiger partial charge in [-0.2, -0.15) is 0 Å². The Hall–Kier alpha value is -0.100. The Morgan fingerprint density at radius 3 is 2.46 bits per heavy atom. The Morgan fingerprint density at radius 2 is 2.08 bits per heavy atom. The Bertz CT molecular complexity index is 263. The molecular formula is C7H14BrNO3S. The summed E-state index contributed by atoms with van der Waals surface area (Å²) in [6.45, 7) is 2.05. The van der Waals surface area contributed by atoms with Crippen molar-refractivity contribution in [1.82, 2.24) is 5.32 Å². The molecule has 6 heteroatoms. The number of nitrogens with one attached hydrogen (secondary N) is 1. The largest absolute Gasteiger partial charge is 0.354 e. The van der Waals surface area contributed by atoms with Gasteiger partial charge in [0.2, 0.25) is 5.91 Å². The predicted molar refractivity (Wildman–Crippen MR) is 55.7 cm³/mol. The summed E-state index contributed by atoms with van der Waals surface area (Å²) in [6, 6.07) is 0. The van der Waals surface area contributed by atoms with Gasteiger partial charge < -0.3 is 5.32 Å². The monoisotopic (exact) mass is 271 g/mol. The smallest absolute Gasteiger partial charge is 0.233 e. The first kappa shape index (κ1) is 12.9. The third kappa shape index (κ3) is 7.01. The average Bonchev–Trinajstić information content (AvgIpc) is 2.00. The van der Waals surface area contributed by atoms with Gasteiger partial charge in [-0.05, 0) is 6.42 Å². The lowest BCUT2D eigenvalue weighted by molar-refractivity contribution is -0.120. The lowest BCUT2D eigenvalue weighted by atomic mass is 10.3. The maximum absolute atomic E-state index is 11.1. The maximum Gasteiger partial charge on any atom is 0.233 e. The summed E-state index contributed by atoms with van der Waals surface area (Å²) in [7, 11) is -2.98. The number of rotatable bonds is 5. The molecule has 1 N–H and O–H groups in total.